The van der Waals surface area contributed by atoms with Crippen LogP contribution in [0.4, 0.5) is 0 Å². The van der Waals surface area contributed by atoms with Gasteiger partial charge in [-0.2, -0.15) is 0 Å². The van der Waals surface area contributed by atoms with Gasteiger partial charge in [-0.25, -0.2) is 0 Å². The highest BCUT2D eigenvalue weighted by Gasteiger charge is 2.60. The Bertz CT molecular complexity index is 738. The van der Waals surface area contributed by atoms with Crippen molar-refractivity contribution in [2.75, 3.05) is 20.6 Å². The maximum atomic E-state index is 2.45. The van der Waals surface area contributed by atoms with Gasteiger partial charge in [0, 0.05) is 5.41 Å². The van der Waals surface area contributed by atoms with E-state index in [9.17, 15) is 0 Å². The van der Waals surface area contributed by atoms with E-state index in [-0.39, 0.29) is 17.8 Å². The summed E-state index contributed by atoms with van der Waals surface area (Å²) in [6.45, 7) is 1.17. The first-order valence-corrected chi connectivity index (χ1v) is 11.9. The van der Waals surface area contributed by atoms with E-state index in [1.807, 2.05) is 0 Å². The third-order valence-electron chi connectivity index (χ3n) is 8.63. The molecule has 2 aromatic rings. The van der Waals surface area contributed by atoms with Gasteiger partial charge in [0.05, 0.1) is 0 Å². The monoisotopic (exact) mass is 423 g/mol. The lowest BCUT2D eigenvalue weighted by atomic mass is 9.40. The first-order valence-electron chi connectivity index (χ1n) is 11.9. The summed E-state index contributed by atoms with van der Waals surface area (Å²) in [4.78, 5) is 2.36. The van der Waals surface area contributed by atoms with Gasteiger partial charge >= 0.3 is 0 Å². The zero-order chi connectivity index (χ0) is 19.9. The maximum Gasteiger partial charge on any atom is 0.0259 e. The summed E-state index contributed by atoms with van der Waals surface area (Å²) in [5.74, 6) is 2.92. The fourth-order valence-electron chi connectivity index (χ4n) is 8.07. The van der Waals surface area contributed by atoms with Crippen molar-refractivity contribution < 1.29 is 0 Å². The van der Waals surface area contributed by atoms with E-state index >= 15 is 0 Å². The topological polar surface area (TPSA) is 3.24 Å². The molecule has 162 valence electrons. The van der Waals surface area contributed by atoms with Crippen LogP contribution in [0.5, 0.6) is 0 Å². The average molecular weight is 424 g/mol. The zero-order valence-corrected chi connectivity index (χ0v) is 19.5. The first-order chi connectivity index (χ1) is 14.1. The molecule has 2 aromatic carbocycles. The Morgan fingerprint density at radius 3 is 1.60 bits per heavy atom. The van der Waals surface area contributed by atoms with Crippen LogP contribution in [0.2, 0.25) is 0 Å². The van der Waals surface area contributed by atoms with Crippen molar-refractivity contribution in [2.24, 2.45) is 23.2 Å². The Balaban J connectivity index is 0.00000218. The number of nitrogens with zero attached hydrogens (tertiary/aromatic N) is 1. The minimum absolute atomic E-state index is 0. The fourth-order valence-corrected chi connectivity index (χ4v) is 8.07. The van der Waals surface area contributed by atoms with Crippen LogP contribution in [0.25, 0.3) is 0 Å². The first kappa shape index (κ1) is 21.9. The maximum absolute atomic E-state index is 2.45. The molecule has 0 N–H and O–H groups in total. The largest absolute Gasteiger partial charge is 0.309 e. The Labute approximate surface area is 189 Å². The summed E-state index contributed by atoms with van der Waals surface area (Å²) in [5.41, 5.74) is 3.75. The Morgan fingerprint density at radius 1 is 0.767 bits per heavy atom. The predicted octanol–water partition coefficient (Wildman–Crippen LogP) is 6.95. The normalized spacial score (nSPS) is 29.8. The lowest BCUT2D eigenvalue weighted by Gasteiger charge is -2.64. The third-order valence-corrected chi connectivity index (χ3v) is 8.63. The molecule has 4 fully saturated rings. The van der Waals surface area contributed by atoms with E-state index in [1.165, 1.54) is 57.9 Å². The highest BCUT2D eigenvalue weighted by atomic mass is 35.5. The summed E-state index contributed by atoms with van der Waals surface area (Å²) >= 11 is 0. The third kappa shape index (κ3) is 3.63. The molecule has 4 saturated carbocycles. The van der Waals surface area contributed by atoms with Crippen LogP contribution in [0.15, 0.2) is 60.7 Å². The molecule has 0 radical (unpaired) electrons. The quantitative estimate of drug-likeness (QED) is 0.465. The van der Waals surface area contributed by atoms with Crippen LogP contribution in [-0.4, -0.2) is 25.5 Å². The summed E-state index contributed by atoms with van der Waals surface area (Å²) in [6.07, 6.45) is 11.4. The number of hydrogen-bond acceptors (Lipinski definition) is 1. The minimum atomic E-state index is 0. The molecule has 4 aliphatic carbocycles. The molecule has 0 unspecified atom stereocenters. The van der Waals surface area contributed by atoms with Crippen LogP contribution in [0.3, 0.4) is 0 Å². The van der Waals surface area contributed by atoms with Crippen molar-refractivity contribution in [3.8, 4) is 0 Å². The van der Waals surface area contributed by atoms with Gasteiger partial charge in [0.15, 0.2) is 0 Å². The van der Waals surface area contributed by atoms with E-state index in [1.54, 1.807) is 11.1 Å². The zero-order valence-electron chi connectivity index (χ0n) is 18.7. The molecule has 4 bridgehead atoms. The molecular weight excluding hydrogens is 386 g/mol. The van der Waals surface area contributed by atoms with Crippen molar-refractivity contribution in [1.82, 2.24) is 4.90 Å². The van der Waals surface area contributed by atoms with E-state index in [0.29, 0.717) is 5.41 Å². The average Bonchev–Trinajstić information content (AvgIpc) is 2.71. The highest BCUT2D eigenvalue weighted by Crippen LogP contribution is 2.68. The Morgan fingerprint density at radius 2 is 1.20 bits per heavy atom. The molecule has 4 aliphatic rings. The van der Waals surface area contributed by atoms with E-state index in [0.717, 1.165) is 17.8 Å². The number of rotatable bonds is 7. The molecule has 0 atom stereocenters. The van der Waals surface area contributed by atoms with Gasteiger partial charge in [-0.1, -0.05) is 60.7 Å². The van der Waals surface area contributed by atoms with E-state index in [4.69, 9.17) is 0 Å². The number of halogens is 1. The van der Waals surface area contributed by atoms with Crippen molar-refractivity contribution in [1.29, 1.82) is 0 Å². The van der Waals surface area contributed by atoms with Gasteiger partial charge in [0.2, 0.25) is 0 Å². The van der Waals surface area contributed by atoms with Crippen LogP contribution < -0.4 is 0 Å². The van der Waals surface area contributed by atoms with Gasteiger partial charge in [-0.05, 0) is 106 Å². The van der Waals surface area contributed by atoms with Crippen molar-refractivity contribution >= 4 is 12.4 Å². The lowest BCUT2D eigenvalue weighted by molar-refractivity contribution is -0.0931. The molecule has 0 aliphatic heterocycles. The van der Waals surface area contributed by atoms with Crippen LogP contribution >= 0.6 is 12.4 Å². The molecule has 1 nitrogen and oxygen atoms in total. The second-order valence-corrected chi connectivity index (χ2v) is 10.7. The van der Waals surface area contributed by atoms with Crippen LogP contribution in [0.1, 0.15) is 62.5 Å². The summed E-state index contributed by atoms with van der Waals surface area (Å²) in [6, 6.07) is 23.3. The predicted molar refractivity (Wildman–Crippen MR) is 129 cm³/mol. The smallest absolute Gasteiger partial charge is 0.0259 e. The fraction of sp³-hybridized carbons (Fsp3) is 0.571. The molecule has 0 saturated heterocycles. The van der Waals surface area contributed by atoms with Crippen LogP contribution in [0, 0.1) is 23.2 Å². The van der Waals surface area contributed by atoms with Gasteiger partial charge in [0.25, 0.3) is 0 Å². The molecular formula is C28H38ClN. The molecule has 0 heterocycles. The molecule has 0 spiro atoms. The Kier molecular flexibility index (Phi) is 6.33. The standard InChI is InChI=1S/C28H37N.ClH/c1-29(2)15-9-14-28(25-10-5-3-6-11-25,26-12-7-4-8-13-26)27-19-22-16-23(20-27)18-24(17-22)21-27;/h3-8,10-13,22-24H,9,14-21H2,1-2H3;1H. The molecule has 30 heavy (non-hydrogen) atoms. The van der Waals surface area contributed by atoms with Crippen molar-refractivity contribution in [2.45, 2.75) is 56.8 Å². The second-order valence-electron chi connectivity index (χ2n) is 10.7. The van der Waals surface area contributed by atoms with Crippen molar-refractivity contribution in [3.05, 3.63) is 71.8 Å². The van der Waals surface area contributed by atoms with Gasteiger partial charge in [0.1, 0.15) is 0 Å². The SMILES string of the molecule is CN(C)CCCC(c1ccccc1)(c1ccccc1)C12CC3CC(CC(C3)C1)C2.Cl. The molecule has 0 amide bonds. The van der Waals surface area contributed by atoms with Crippen LogP contribution in [-0.2, 0) is 5.41 Å². The lowest BCUT2D eigenvalue weighted by Crippen LogP contribution is -2.57. The minimum Gasteiger partial charge on any atom is -0.309 e. The van der Waals surface area contributed by atoms with Gasteiger partial charge < -0.3 is 4.90 Å². The van der Waals surface area contributed by atoms with Gasteiger partial charge in [-0.15, -0.1) is 12.4 Å². The highest BCUT2D eigenvalue weighted by molar-refractivity contribution is 5.85. The summed E-state index contributed by atoms with van der Waals surface area (Å²) in [7, 11) is 4.44. The summed E-state index contributed by atoms with van der Waals surface area (Å²) in [5, 5.41) is 0. The number of benzene rings is 2. The van der Waals surface area contributed by atoms with Gasteiger partial charge in [-0.3, -0.25) is 0 Å². The Hall–Kier alpha value is -1.31. The molecule has 6 rings (SSSR count). The van der Waals surface area contributed by atoms with Crippen molar-refractivity contribution in [3.63, 3.8) is 0 Å². The molecule has 0 aromatic heterocycles. The second kappa shape index (κ2) is 8.67. The molecule has 2 heteroatoms. The number of hydrogen-bond donors (Lipinski definition) is 0. The van der Waals surface area contributed by atoms with E-state index in [2.05, 4.69) is 79.7 Å². The van der Waals surface area contributed by atoms with E-state index < -0.39 is 0 Å². The summed E-state index contributed by atoms with van der Waals surface area (Å²) < 4.78 is 0.